The van der Waals surface area contributed by atoms with E-state index in [0.29, 0.717) is 29.8 Å². The van der Waals surface area contributed by atoms with Crippen molar-refractivity contribution in [1.29, 1.82) is 0 Å². The number of aromatic nitrogens is 1. The molecule has 1 rings (SSSR count). The van der Waals surface area contributed by atoms with Crippen molar-refractivity contribution >= 4 is 17.5 Å². The quantitative estimate of drug-likeness (QED) is 0.775. The van der Waals surface area contributed by atoms with E-state index < -0.39 is 0 Å². The predicted molar refractivity (Wildman–Crippen MR) is 71.9 cm³/mol. The van der Waals surface area contributed by atoms with Gasteiger partial charge in [0.15, 0.2) is 0 Å². The van der Waals surface area contributed by atoms with Gasteiger partial charge in [-0.3, -0.25) is 9.78 Å². The Bertz CT molecular complexity index is 383. The Morgan fingerprint density at radius 2 is 2.28 bits per heavy atom. The first-order valence-corrected chi connectivity index (χ1v) is 6.45. The van der Waals surface area contributed by atoms with Crippen LogP contribution in [0.5, 0.6) is 0 Å². The highest BCUT2D eigenvalue weighted by Crippen LogP contribution is 2.07. The van der Waals surface area contributed by atoms with Crippen LogP contribution in [0.3, 0.4) is 0 Å². The molecule has 1 N–H and O–H groups in total. The Morgan fingerprint density at radius 1 is 1.50 bits per heavy atom. The molecule has 0 aliphatic carbocycles. The van der Waals surface area contributed by atoms with Gasteiger partial charge in [-0.2, -0.15) is 0 Å². The minimum absolute atomic E-state index is 0.232. The van der Waals surface area contributed by atoms with Gasteiger partial charge in [0.05, 0.1) is 6.61 Å². The van der Waals surface area contributed by atoms with Crippen LogP contribution >= 0.6 is 11.6 Å². The molecular weight excluding hydrogens is 252 g/mol. The van der Waals surface area contributed by atoms with Gasteiger partial charge in [0.2, 0.25) is 0 Å². The van der Waals surface area contributed by atoms with Crippen LogP contribution in [0.2, 0.25) is 5.02 Å². The van der Waals surface area contributed by atoms with Gasteiger partial charge in [0.25, 0.3) is 5.91 Å². The van der Waals surface area contributed by atoms with Gasteiger partial charge in [-0.15, -0.1) is 0 Å². The zero-order chi connectivity index (χ0) is 13.4. The van der Waals surface area contributed by atoms with E-state index in [1.54, 1.807) is 6.07 Å². The normalized spacial score (nSPS) is 10.7. The highest BCUT2D eigenvalue weighted by Gasteiger charge is 2.06. The molecule has 18 heavy (non-hydrogen) atoms. The third kappa shape index (κ3) is 5.98. The lowest BCUT2D eigenvalue weighted by molar-refractivity contribution is 0.0901. The van der Waals surface area contributed by atoms with Gasteiger partial charge in [-0.1, -0.05) is 25.4 Å². The van der Waals surface area contributed by atoms with Crippen molar-refractivity contribution in [2.45, 2.75) is 20.3 Å². The minimum Gasteiger partial charge on any atom is -0.380 e. The van der Waals surface area contributed by atoms with E-state index in [1.165, 1.54) is 12.3 Å². The van der Waals surface area contributed by atoms with E-state index >= 15 is 0 Å². The summed E-state index contributed by atoms with van der Waals surface area (Å²) in [6, 6.07) is 3.17. The van der Waals surface area contributed by atoms with E-state index in [0.717, 1.165) is 13.0 Å². The van der Waals surface area contributed by atoms with Crippen LogP contribution < -0.4 is 5.32 Å². The van der Waals surface area contributed by atoms with Crippen molar-refractivity contribution in [3.8, 4) is 0 Å². The maximum atomic E-state index is 11.7. The highest BCUT2D eigenvalue weighted by atomic mass is 35.5. The van der Waals surface area contributed by atoms with Crippen LogP contribution in [0.25, 0.3) is 0 Å². The molecule has 0 radical (unpaired) electrons. The smallest absolute Gasteiger partial charge is 0.270 e. The van der Waals surface area contributed by atoms with Crippen LogP contribution in [0.4, 0.5) is 0 Å². The van der Waals surface area contributed by atoms with E-state index in [-0.39, 0.29) is 5.91 Å². The lowest BCUT2D eigenvalue weighted by Crippen LogP contribution is -2.28. The standard InChI is InChI=1S/C13H19ClN2O2/c1-10(2)4-7-18-8-6-16-13(17)12-9-11(14)3-5-15-12/h3,5,9-10H,4,6-8H2,1-2H3,(H,16,17). The van der Waals surface area contributed by atoms with E-state index in [9.17, 15) is 4.79 Å². The van der Waals surface area contributed by atoms with Gasteiger partial charge in [-0.25, -0.2) is 0 Å². The van der Waals surface area contributed by atoms with Gasteiger partial charge >= 0.3 is 0 Å². The first-order chi connectivity index (χ1) is 8.59. The summed E-state index contributed by atoms with van der Waals surface area (Å²) < 4.78 is 5.39. The van der Waals surface area contributed by atoms with Gasteiger partial charge in [0.1, 0.15) is 5.69 Å². The second-order valence-electron chi connectivity index (χ2n) is 4.41. The van der Waals surface area contributed by atoms with Crippen LogP contribution in [0, 0.1) is 5.92 Å². The summed E-state index contributed by atoms with van der Waals surface area (Å²) in [5.74, 6) is 0.403. The van der Waals surface area contributed by atoms with Crippen LogP contribution in [0.15, 0.2) is 18.3 Å². The van der Waals surface area contributed by atoms with Gasteiger partial charge < -0.3 is 10.1 Å². The van der Waals surface area contributed by atoms with Crippen molar-refractivity contribution in [2.75, 3.05) is 19.8 Å². The molecule has 0 saturated carbocycles. The van der Waals surface area contributed by atoms with Crippen LogP contribution in [-0.4, -0.2) is 30.6 Å². The molecule has 0 spiro atoms. The number of rotatable bonds is 7. The third-order valence-corrected chi connectivity index (χ3v) is 2.56. The summed E-state index contributed by atoms with van der Waals surface area (Å²) in [6.45, 7) is 6.01. The first-order valence-electron chi connectivity index (χ1n) is 6.07. The number of pyridine rings is 1. The summed E-state index contributed by atoms with van der Waals surface area (Å²) in [4.78, 5) is 15.6. The predicted octanol–water partition coefficient (Wildman–Crippen LogP) is 2.53. The number of hydrogen-bond donors (Lipinski definition) is 1. The minimum atomic E-state index is -0.232. The number of amides is 1. The fraction of sp³-hybridized carbons (Fsp3) is 0.538. The number of nitrogens with zero attached hydrogens (tertiary/aromatic N) is 1. The molecule has 1 heterocycles. The molecule has 1 aromatic rings. The Kier molecular flexibility index (Phi) is 6.68. The lowest BCUT2D eigenvalue weighted by atomic mass is 10.1. The molecule has 0 atom stereocenters. The molecule has 0 aromatic carbocycles. The Morgan fingerprint density at radius 3 is 2.94 bits per heavy atom. The zero-order valence-electron chi connectivity index (χ0n) is 10.8. The fourth-order valence-electron chi connectivity index (χ4n) is 1.28. The average molecular weight is 271 g/mol. The summed E-state index contributed by atoms with van der Waals surface area (Å²) in [6.07, 6.45) is 2.54. The molecule has 0 bridgehead atoms. The SMILES string of the molecule is CC(C)CCOCCNC(=O)c1cc(Cl)ccn1. The van der Waals surface area contributed by atoms with Crippen molar-refractivity contribution < 1.29 is 9.53 Å². The van der Waals surface area contributed by atoms with E-state index in [1.807, 2.05) is 0 Å². The number of carbonyl (C=O) groups excluding carboxylic acids is 1. The molecule has 0 fully saturated rings. The second-order valence-corrected chi connectivity index (χ2v) is 4.85. The first kappa shape index (κ1) is 14.9. The largest absolute Gasteiger partial charge is 0.380 e. The molecular formula is C13H19ClN2O2. The van der Waals surface area contributed by atoms with Crippen molar-refractivity contribution in [2.24, 2.45) is 5.92 Å². The molecule has 5 heteroatoms. The molecule has 0 saturated heterocycles. The molecule has 1 amide bonds. The number of hydrogen-bond acceptors (Lipinski definition) is 3. The maximum absolute atomic E-state index is 11.7. The molecule has 4 nitrogen and oxygen atoms in total. The molecule has 1 aromatic heterocycles. The second kappa shape index (κ2) is 8.06. The summed E-state index contributed by atoms with van der Waals surface area (Å²) in [7, 11) is 0. The van der Waals surface area contributed by atoms with Crippen LogP contribution in [-0.2, 0) is 4.74 Å². The summed E-state index contributed by atoms with van der Waals surface area (Å²) >= 11 is 5.78. The number of halogens is 1. The Labute approximate surface area is 113 Å². The fourth-order valence-corrected chi connectivity index (χ4v) is 1.44. The number of ether oxygens (including phenoxy) is 1. The van der Waals surface area contributed by atoms with Crippen molar-refractivity contribution in [3.63, 3.8) is 0 Å². The third-order valence-electron chi connectivity index (χ3n) is 2.33. The van der Waals surface area contributed by atoms with Gasteiger partial charge in [0, 0.05) is 24.4 Å². The molecule has 100 valence electrons. The number of nitrogens with one attached hydrogen (secondary N) is 1. The summed E-state index contributed by atoms with van der Waals surface area (Å²) in [5.41, 5.74) is 0.324. The molecule has 0 unspecified atom stereocenters. The maximum Gasteiger partial charge on any atom is 0.270 e. The zero-order valence-corrected chi connectivity index (χ0v) is 11.5. The highest BCUT2D eigenvalue weighted by molar-refractivity contribution is 6.30. The Balaban J connectivity index is 2.18. The Hall–Kier alpha value is -1.13. The topological polar surface area (TPSA) is 51.2 Å². The summed E-state index contributed by atoms with van der Waals surface area (Å²) in [5, 5.41) is 3.23. The van der Waals surface area contributed by atoms with Gasteiger partial charge in [-0.05, 0) is 24.5 Å². The lowest BCUT2D eigenvalue weighted by Gasteiger charge is -2.07. The average Bonchev–Trinajstić information content (AvgIpc) is 2.33. The van der Waals surface area contributed by atoms with Crippen LogP contribution in [0.1, 0.15) is 30.8 Å². The number of carbonyl (C=O) groups is 1. The van der Waals surface area contributed by atoms with E-state index in [2.05, 4.69) is 24.1 Å². The van der Waals surface area contributed by atoms with E-state index in [4.69, 9.17) is 16.3 Å². The molecule has 0 aliphatic heterocycles. The van der Waals surface area contributed by atoms with Crippen molar-refractivity contribution in [1.82, 2.24) is 10.3 Å². The van der Waals surface area contributed by atoms with Crippen molar-refractivity contribution in [3.05, 3.63) is 29.0 Å². The molecule has 0 aliphatic rings. The monoisotopic (exact) mass is 270 g/mol.